The third-order valence-electron chi connectivity index (χ3n) is 2.36. The number of sulfone groups is 1. The van der Waals surface area contributed by atoms with Gasteiger partial charge in [0.25, 0.3) is 0 Å². The molecule has 0 bridgehead atoms. The summed E-state index contributed by atoms with van der Waals surface area (Å²) < 4.78 is 61.2. The molecule has 4 nitrogen and oxygen atoms in total. The summed E-state index contributed by atoms with van der Waals surface area (Å²) in [5.41, 5.74) is -1.39. The van der Waals surface area contributed by atoms with Gasteiger partial charge in [-0.2, -0.15) is 13.2 Å². The number of hydrogen-bond donors (Lipinski definition) is 2. The summed E-state index contributed by atoms with van der Waals surface area (Å²) in [4.78, 5) is 0. The standard InChI is InChI=1S/C11H13F3O4S/c12-11(13,14)10-4-2-1-3-8(10)6-19(17,18)7-9(16)5-15/h1-4,9,15-16H,5-7H2/t9-/m1/s1. The molecular formula is C11H13F3O4S. The first-order valence-electron chi connectivity index (χ1n) is 5.30. The minimum Gasteiger partial charge on any atom is -0.394 e. The highest BCUT2D eigenvalue weighted by atomic mass is 32.2. The third kappa shape index (κ3) is 4.81. The summed E-state index contributed by atoms with van der Waals surface area (Å²) in [6, 6.07) is 4.35. The zero-order chi connectivity index (χ0) is 14.7. The summed E-state index contributed by atoms with van der Waals surface area (Å²) in [6.45, 7) is -0.764. The molecule has 1 aromatic carbocycles. The Hall–Kier alpha value is -1.12. The fraction of sp³-hybridized carbons (Fsp3) is 0.455. The van der Waals surface area contributed by atoms with Crippen LogP contribution in [-0.2, 0) is 21.8 Å². The number of hydrogen-bond acceptors (Lipinski definition) is 4. The van der Waals surface area contributed by atoms with Crippen LogP contribution in [0.15, 0.2) is 24.3 Å². The molecule has 108 valence electrons. The monoisotopic (exact) mass is 298 g/mol. The predicted molar refractivity (Wildman–Crippen MR) is 62.0 cm³/mol. The van der Waals surface area contributed by atoms with Crippen molar-refractivity contribution in [3.63, 3.8) is 0 Å². The second-order valence-electron chi connectivity index (χ2n) is 4.05. The van der Waals surface area contributed by atoms with Crippen LogP contribution in [0.3, 0.4) is 0 Å². The first-order valence-corrected chi connectivity index (χ1v) is 7.12. The van der Waals surface area contributed by atoms with Crippen molar-refractivity contribution in [1.29, 1.82) is 0 Å². The van der Waals surface area contributed by atoms with Gasteiger partial charge in [-0.05, 0) is 11.6 Å². The van der Waals surface area contributed by atoms with E-state index >= 15 is 0 Å². The van der Waals surface area contributed by atoms with Gasteiger partial charge in [-0.1, -0.05) is 18.2 Å². The molecule has 0 aliphatic rings. The Morgan fingerprint density at radius 1 is 1.21 bits per heavy atom. The second-order valence-corrected chi connectivity index (χ2v) is 6.16. The normalized spacial score (nSPS) is 14.4. The zero-order valence-corrected chi connectivity index (χ0v) is 10.6. The fourth-order valence-electron chi connectivity index (χ4n) is 1.56. The highest BCUT2D eigenvalue weighted by Gasteiger charge is 2.34. The van der Waals surface area contributed by atoms with Gasteiger partial charge in [0.1, 0.15) is 0 Å². The molecule has 0 aromatic heterocycles. The van der Waals surface area contributed by atoms with E-state index in [2.05, 4.69) is 0 Å². The molecule has 19 heavy (non-hydrogen) atoms. The van der Waals surface area contributed by atoms with Crippen molar-refractivity contribution in [3.8, 4) is 0 Å². The predicted octanol–water partition coefficient (Wildman–Crippen LogP) is 0.973. The molecule has 0 amide bonds. The molecule has 0 saturated heterocycles. The first kappa shape index (κ1) is 15.9. The maximum absolute atomic E-state index is 12.7. The van der Waals surface area contributed by atoms with Crippen molar-refractivity contribution >= 4 is 9.84 Å². The summed E-state index contributed by atoms with van der Waals surface area (Å²) in [6.07, 6.45) is -6.13. The number of aliphatic hydroxyl groups excluding tert-OH is 2. The van der Waals surface area contributed by atoms with Crippen LogP contribution in [0, 0.1) is 0 Å². The van der Waals surface area contributed by atoms with Gasteiger partial charge in [-0.3, -0.25) is 0 Å². The van der Waals surface area contributed by atoms with Crippen molar-refractivity contribution in [2.75, 3.05) is 12.4 Å². The van der Waals surface area contributed by atoms with E-state index in [9.17, 15) is 21.6 Å². The highest BCUT2D eigenvalue weighted by Crippen LogP contribution is 2.32. The van der Waals surface area contributed by atoms with Gasteiger partial charge in [-0.25, -0.2) is 8.42 Å². The molecule has 0 unspecified atom stereocenters. The van der Waals surface area contributed by atoms with E-state index in [0.717, 1.165) is 12.1 Å². The van der Waals surface area contributed by atoms with Crippen molar-refractivity contribution < 1.29 is 31.8 Å². The molecule has 0 aliphatic carbocycles. The summed E-state index contributed by atoms with van der Waals surface area (Å²) in [7, 11) is -3.94. The van der Waals surface area contributed by atoms with Gasteiger partial charge in [0.15, 0.2) is 9.84 Å². The van der Waals surface area contributed by atoms with E-state index < -0.39 is 45.8 Å². The lowest BCUT2D eigenvalue weighted by Crippen LogP contribution is -2.25. The lowest BCUT2D eigenvalue weighted by Gasteiger charge is -2.13. The minimum absolute atomic E-state index is 0.375. The molecule has 0 fully saturated rings. The van der Waals surface area contributed by atoms with Crippen LogP contribution in [0.5, 0.6) is 0 Å². The third-order valence-corrected chi connectivity index (χ3v) is 4.00. The SMILES string of the molecule is O=S(=O)(Cc1ccccc1C(F)(F)F)C[C@H](O)CO. The molecule has 1 rings (SSSR count). The molecule has 0 heterocycles. The molecule has 0 aliphatic heterocycles. The Morgan fingerprint density at radius 2 is 1.79 bits per heavy atom. The Kier molecular flexibility index (Phi) is 4.94. The lowest BCUT2D eigenvalue weighted by atomic mass is 10.1. The van der Waals surface area contributed by atoms with Crippen LogP contribution in [0.2, 0.25) is 0 Å². The number of halogens is 3. The van der Waals surface area contributed by atoms with Crippen molar-refractivity contribution in [2.45, 2.75) is 18.0 Å². The van der Waals surface area contributed by atoms with E-state index in [1.165, 1.54) is 12.1 Å². The molecule has 2 N–H and O–H groups in total. The van der Waals surface area contributed by atoms with Gasteiger partial charge in [0.05, 0.1) is 29.8 Å². The van der Waals surface area contributed by atoms with E-state index in [-0.39, 0.29) is 5.56 Å². The minimum atomic E-state index is -4.64. The van der Waals surface area contributed by atoms with Crippen LogP contribution in [0.1, 0.15) is 11.1 Å². The van der Waals surface area contributed by atoms with E-state index in [0.29, 0.717) is 0 Å². The molecule has 0 radical (unpaired) electrons. The molecule has 0 saturated carbocycles. The van der Waals surface area contributed by atoms with Gasteiger partial charge >= 0.3 is 6.18 Å². The number of aliphatic hydroxyl groups is 2. The summed E-state index contributed by atoms with van der Waals surface area (Å²) in [5, 5.41) is 17.6. The Balaban J connectivity index is 3.00. The van der Waals surface area contributed by atoms with Crippen LogP contribution in [0.4, 0.5) is 13.2 Å². The second kappa shape index (κ2) is 5.89. The summed E-state index contributed by atoms with van der Waals surface area (Å²) >= 11 is 0. The van der Waals surface area contributed by atoms with E-state index in [1.54, 1.807) is 0 Å². The smallest absolute Gasteiger partial charge is 0.394 e. The first-order chi connectivity index (χ1) is 8.65. The average molecular weight is 298 g/mol. The van der Waals surface area contributed by atoms with Crippen molar-refractivity contribution in [1.82, 2.24) is 0 Å². The number of benzene rings is 1. The average Bonchev–Trinajstić information content (AvgIpc) is 2.26. The van der Waals surface area contributed by atoms with Crippen LogP contribution in [-0.4, -0.2) is 37.1 Å². The van der Waals surface area contributed by atoms with Gasteiger partial charge in [-0.15, -0.1) is 0 Å². The van der Waals surface area contributed by atoms with Gasteiger partial charge in [0.2, 0.25) is 0 Å². The van der Waals surface area contributed by atoms with Gasteiger partial charge in [0, 0.05) is 0 Å². The largest absolute Gasteiger partial charge is 0.416 e. The molecule has 1 atom stereocenters. The van der Waals surface area contributed by atoms with Crippen LogP contribution in [0.25, 0.3) is 0 Å². The van der Waals surface area contributed by atoms with Gasteiger partial charge < -0.3 is 10.2 Å². The molecule has 8 heteroatoms. The molecular weight excluding hydrogens is 285 g/mol. The highest BCUT2D eigenvalue weighted by molar-refractivity contribution is 7.90. The quantitative estimate of drug-likeness (QED) is 0.849. The van der Waals surface area contributed by atoms with Crippen molar-refractivity contribution in [3.05, 3.63) is 35.4 Å². The maximum atomic E-state index is 12.7. The topological polar surface area (TPSA) is 74.6 Å². The number of rotatable bonds is 5. The summed E-state index contributed by atoms with van der Waals surface area (Å²) in [5.74, 6) is -1.62. The maximum Gasteiger partial charge on any atom is 0.416 e. The zero-order valence-electron chi connectivity index (χ0n) is 9.76. The Morgan fingerprint density at radius 3 is 2.32 bits per heavy atom. The van der Waals surface area contributed by atoms with Crippen molar-refractivity contribution in [2.24, 2.45) is 0 Å². The Labute approximate surface area is 108 Å². The van der Waals surface area contributed by atoms with E-state index in [4.69, 9.17) is 10.2 Å². The Bertz CT molecular complexity index is 525. The van der Waals surface area contributed by atoms with Crippen LogP contribution < -0.4 is 0 Å². The van der Waals surface area contributed by atoms with Crippen LogP contribution >= 0.6 is 0 Å². The molecule has 0 spiro atoms. The molecule has 1 aromatic rings. The lowest BCUT2D eigenvalue weighted by molar-refractivity contribution is -0.138. The van der Waals surface area contributed by atoms with E-state index in [1.807, 2.05) is 0 Å². The fourth-order valence-corrected chi connectivity index (χ4v) is 3.10. The number of alkyl halides is 3.